The maximum Gasteiger partial charge on any atom is 0.270 e. The fraction of sp³-hybridized carbons (Fsp3) is 0.421. The van der Waals surface area contributed by atoms with E-state index in [0.29, 0.717) is 16.8 Å². The van der Waals surface area contributed by atoms with Gasteiger partial charge < -0.3 is 5.32 Å². The van der Waals surface area contributed by atoms with Crippen LogP contribution in [0.3, 0.4) is 0 Å². The number of nitrogens with zero attached hydrogens (tertiary/aromatic N) is 2. The van der Waals surface area contributed by atoms with Gasteiger partial charge in [0.25, 0.3) is 11.6 Å². The van der Waals surface area contributed by atoms with E-state index in [0.717, 1.165) is 36.4 Å². The Hall–Kier alpha value is -2.25. The fourth-order valence-electron chi connectivity index (χ4n) is 4.16. The summed E-state index contributed by atoms with van der Waals surface area (Å²) < 4.78 is 0. The van der Waals surface area contributed by atoms with Crippen molar-refractivity contribution in [1.82, 2.24) is 10.2 Å². The molecule has 1 aromatic carbocycles. The van der Waals surface area contributed by atoms with E-state index in [1.54, 1.807) is 18.2 Å². The molecule has 0 unspecified atom stereocenters. The number of nitro groups is 1. The quantitative estimate of drug-likeness (QED) is 0.659. The second-order valence-corrected chi connectivity index (χ2v) is 8.17. The summed E-state index contributed by atoms with van der Waals surface area (Å²) in [4.78, 5) is 27.2. The first-order chi connectivity index (χ1) is 12.5. The van der Waals surface area contributed by atoms with E-state index in [-0.39, 0.29) is 17.6 Å². The molecule has 2 atom stereocenters. The Kier molecular flexibility index (Phi) is 4.50. The Morgan fingerprint density at radius 2 is 2.04 bits per heavy atom. The number of thiophene rings is 1. The molecule has 1 amide bonds. The van der Waals surface area contributed by atoms with Crippen molar-refractivity contribution in [3.8, 4) is 10.4 Å². The van der Waals surface area contributed by atoms with Gasteiger partial charge in [-0.1, -0.05) is 12.1 Å². The Morgan fingerprint density at radius 3 is 2.73 bits per heavy atom. The number of nitro benzene ring substituents is 1. The van der Waals surface area contributed by atoms with Gasteiger partial charge in [-0.25, -0.2) is 0 Å². The van der Waals surface area contributed by atoms with Crippen LogP contribution in [0.4, 0.5) is 5.69 Å². The molecule has 26 heavy (non-hydrogen) atoms. The summed E-state index contributed by atoms with van der Waals surface area (Å²) in [5.41, 5.74) is 0.822. The van der Waals surface area contributed by atoms with Gasteiger partial charge >= 0.3 is 0 Å². The minimum absolute atomic E-state index is 0.0442. The van der Waals surface area contributed by atoms with Crippen molar-refractivity contribution < 1.29 is 9.72 Å². The van der Waals surface area contributed by atoms with E-state index >= 15 is 0 Å². The van der Waals surface area contributed by atoms with Crippen LogP contribution in [0, 0.1) is 16.0 Å². The highest BCUT2D eigenvalue weighted by Crippen LogP contribution is 2.33. The minimum atomic E-state index is -0.403. The first kappa shape index (κ1) is 17.2. The van der Waals surface area contributed by atoms with Crippen molar-refractivity contribution in [2.24, 2.45) is 5.92 Å². The predicted molar refractivity (Wildman–Crippen MR) is 101 cm³/mol. The normalized spacial score (nSPS) is 27.3. The monoisotopic (exact) mass is 371 g/mol. The van der Waals surface area contributed by atoms with Crippen LogP contribution in [-0.4, -0.2) is 40.9 Å². The van der Waals surface area contributed by atoms with Crippen molar-refractivity contribution in [2.75, 3.05) is 13.1 Å². The second-order valence-electron chi connectivity index (χ2n) is 7.08. The van der Waals surface area contributed by atoms with E-state index in [4.69, 9.17) is 0 Å². The summed E-state index contributed by atoms with van der Waals surface area (Å²) in [5.74, 6) is 0.521. The Morgan fingerprint density at radius 1 is 1.27 bits per heavy atom. The lowest BCUT2D eigenvalue weighted by Crippen LogP contribution is -2.62. The standard InChI is InChI=1S/C19H21N3O3S/c1-12-18(13-7-9-21(12)10-8-13)20-19(23)17-6-5-16(26-17)14-3-2-4-15(11-14)22(24)25/h2-6,11-13,18H,7-10H2,1H3,(H,20,23)/t12-,18-/m0/s1. The first-order valence-corrected chi connectivity index (χ1v) is 9.74. The summed E-state index contributed by atoms with van der Waals surface area (Å²) >= 11 is 1.38. The van der Waals surface area contributed by atoms with Gasteiger partial charge in [0.2, 0.25) is 0 Å². The lowest BCUT2D eigenvalue weighted by Gasteiger charge is -2.49. The first-order valence-electron chi connectivity index (χ1n) is 8.92. The molecule has 0 spiro atoms. The van der Waals surface area contributed by atoms with E-state index < -0.39 is 4.92 Å². The van der Waals surface area contributed by atoms with Gasteiger partial charge in [-0.3, -0.25) is 19.8 Å². The molecule has 0 aliphatic carbocycles. The van der Waals surface area contributed by atoms with Crippen LogP contribution in [0.5, 0.6) is 0 Å². The third kappa shape index (κ3) is 3.12. The summed E-state index contributed by atoms with van der Waals surface area (Å²) in [6.45, 7) is 4.46. The molecule has 3 fully saturated rings. The predicted octanol–water partition coefficient (Wildman–Crippen LogP) is 3.54. The van der Waals surface area contributed by atoms with Crippen molar-refractivity contribution in [1.29, 1.82) is 0 Å². The molecule has 1 aromatic heterocycles. The van der Waals surface area contributed by atoms with Crippen LogP contribution in [0.25, 0.3) is 10.4 Å². The number of hydrogen-bond donors (Lipinski definition) is 1. The van der Waals surface area contributed by atoms with Gasteiger partial charge in [0, 0.05) is 29.1 Å². The summed E-state index contributed by atoms with van der Waals surface area (Å²) in [7, 11) is 0. The highest BCUT2D eigenvalue weighted by Gasteiger charge is 2.40. The van der Waals surface area contributed by atoms with Crippen LogP contribution in [0.1, 0.15) is 29.4 Å². The van der Waals surface area contributed by atoms with Crippen LogP contribution in [-0.2, 0) is 0 Å². The number of nitrogens with one attached hydrogen (secondary N) is 1. The number of carbonyl (C=O) groups is 1. The van der Waals surface area contributed by atoms with E-state index in [2.05, 4.69) is 17.1 Å². The molecule has 136 valence electrons. The van der Waals surface area contributed by atoms with Gasteiger partial charge in [0.05, 0.1) is 9.80 Å². The van der Waals surface area contributed by atoms with Crippen LogP contribution in [0.2, 0.25) is 0 Å². The molecular weight excluding hydrogens is 350 g/mol. The van der Waals surface area contributed by atoms with Crippen LogP contribution >= 0.6 is 11.3 Å². The van der Waals surface area contributed by atoms with E-state index in [1.807, 2.05) is 12.1 Å². The van der Waals surface area contributed by atoms with Crippen molar-refractivity contribution in [2.45, 2.75) is 31.8 Å². The largest absolute Gasteiger partial charge is 0.347 e. The highest BCUT2D eigenvalue weighted by molar-refractivity contribution is 7.17. The van der Waals surface area contributed by atoms with Crippen molar-refractivity contribution in [3.63, 3.8) is 0 Å². The number of piperidine rings is 3. The molecule has 3 saturated heterocycles. The number of carbonyl (C=O) groups excluding carboxylic acids is 1. The molecule has 4 heterocycles. The third-order valence-corrected chi connectivity index (χ3v) is 6.78. The summed E-state index contributed by atoms with van der Waals surface area (Å²) in [6.07, 6.45) is 2.30. The molecule has 5 rings (SSSR count). The summed E-state index contributed by atoms with van der Waals surface area (Å²) in [6, 6.07) is 10.8. The zero-order chi connectivity index (χ0) is 18.3. The Bertz CT molecular complexity index is 840. The number of hydrogen-bond acceptors (Lipinski definition) is 5. The fourth-order valence-corrected chi connectivity index (χ4v) is 5.06. The Balaban J connectivity index is 1.50. The van der Waals surface area contributed by atoms with Gasteiger partial charge in [0.1, 0.15) is 0 Å². The topological polar surface area (TPSA) is 75.5 Å². The molecule has 7 heteroatoms. The van der Waals surface area contributed by atoms with Gasteiger partial charge in [-0.2, -0.15) is 0 Å². The molecule has 0 radical (unpaired) electrons. The molecular formula is C19H21N3O3S. The van der Waals surface area contributed by atoms with Crippen molar-refractivity contribution in [3.05, 3.63) is 51.4 Å². The Labute approximate surface area is 156 Å². The maximum atomic E-state index is 12.7. The third-order valence-electron chi connectivity index (χ3n) is 5.65. The van der Waals surface area contributed by atoms with Gasteiger partial charge in [-0.05, 0) is 56.5 Å². The zero-order valence-corrected chi connectivity index (χ0v) is 15.4. The lowest BCUT2D eigenvalue weighted by atomic mass is 9.79. The maximum absolute atomic E-state index is 12.7. The van der Waals surface area contributed by atoms with Crippen LogP contribution in [0.15, 0.2) is 36.4 Å². The SMILES string of the molecule is C[C@H]1[C@H](NC(=O)c2ccc(-c3cccc([N+](=O)[O-])c3)s2)C2CCN1CC2. The average Bonchev–Trinajstić information content (AvgIpc) is 3.15. The minimum Gasteiger partial charge on any atom is -0.347 e. The van der Waals surface area contributed by atoms with E-state index in [9.17, 15) is 14.9 Å². The zero-order valence-electron chi connectivity index (χ0n) is 14.6. The van der Waals surface area contributed by atoms with Gasteiger partial charge in [0.15, 0.2) is 0 Å². The number of fused-ring (bicyclic) bond motifs is 3. The van der Waals surface area contributed by atoms with Gasteiger partial charge in [-0.15, -0.1) is 11.3 Å². The molecule has 0 saturated carbocycles. The lowest BCUT2D eigenvalue weighted by molar-refractivity contribution is -0.384. The molecule has 3 aliphatic heterocycles. The van der Waals surface area contributed by atoms with Crippen LogP contribution < -0.4 is 5.32 Å². The number of non-ortho nitro benzene ring substituents is 1. The molecule has 1 N–H and O–H groups in total. The number of benzene rings is 1. The molecule has 2 aromatic rings. The van der Waals surface area contributed by atoms with Crippen molar-refractivity contribution >= 4 is 22.9 Å². The van der Waals surface area contributed by atoms with E-state index in [1.165, 1.54) is 17.4 Å². The average molecular weight is 371 g/mol. The highest BCUT2D eigenvalue weighted by atomic mass is 32.1. The molecule has 2 bridgehead atoms. The number of rotatable bonds is 4. The molecule has 6 nitrogen and oxygen atoms in total. The molecule has 3 aliphatic rings. The summed E-state index contributed by atoms with van der Waals surface area (Å²) in [5, 5.41) is 14.2. The second kappa shape index (κ2) is 6.81. The smallest absolute Gasteiger partial charge is 0.270 e. The number of amides is 1.